The summed E-state index contributed by atoms with van der Waals surface area (Å²) in [7, 11) is 0. The van der Waals surface area contributed by atoms with Gasteiger partial charge >= 0.3 is 0 Å². The molecule has 1 aliphatic carbocycles. The summed E-state index contributed by atoms with van der Waals surface area (Å²) >= 11 is 0. The van der Waals surface area contributed by atoms with Crippen LogP contribution in [0.3, 0.4) is 0 Å². The summed E-state index contributed by atoms with van der Waals surface area (Å²) in [6.07, 6.45) is 8.91. The Balaban J connectivity index is 1.81. The molecule has 0 saturated heterocycles. The highest BCUT2D eigenvalue weighted by Gasteiger charge is 2.17. The standard InChI is InChI=1S/C17H20N2O/c20-17(19-14-8-3-1-2-4-9-14)16-15-10-6-5-7-13(15)11-12-18-16/h5-7,10-12,14H,1-4,8-9H2,(H,19,20). The summed E-state index contributed by atoms with van der Waals surface area (Å²) in [5, 5.41) is 5.16. The molecule has 104 valence electrons. The molecule has 2 aromatic rings. The minimum atomic E-state index is -0.0336. The Morgan fingerprint density at radius 3 is 2.60 bits per heavy atom. The van der Waals surface area contributed by atoms with E-state index in [1.54, 1.807) is 6.20 Å². The largest absolute Gasteiger partial charge is 0.348 e. The van der Waals surface area contributed by atoms with E-state index in [1.807, 2.05) is 30.3 Å². The van der Waals surface area contributed by atoms with Gasteiger partial charge in [0.2, 0.25) is 0 Å². The molecule has 1 aromatic carbocycles. The van der Waals surface area contributed by atoms with E-state index in [9.17, 15) is 4.79 Å². The first-order chi connectivity index (χ1) is 9.84. The van der Waals surface area contributed by atoms with E-state index in [0.29, 0.717) is 11.7 Å². The molecule has 1 N–H and O–H groups in total. The van der Waals surface area contributed by atoms with Crippen molar-refractivity contribution in [1.82, 2.24) is 10.3 Å². The molecule has 1 heterocycles. The molecule has 20 heavy (non-hydrogen) atoms. The van der Waals surface area contributed by atoms with Gasteiger partial charge in [0.15, 0.2) is 0 Å². The van der Waals surface area contributed by atoms with Crippen molar-refractivity contribution in [3.8, 4) is 0 Å². The van der Waals surface area contributed by atoms with Crippen molar-refractivity contribution in [2.24, 2.45) is 0 Å². The van der Waals surface area contributed by atoms with E-state index >= 15 is 0 Å². The Labute approximate surface area is 119 Å². The average Bonchev–Trinajstić information content (AvgIpc) is 2.75. The van der Waals surface area contributed by atoms with Crippen molar-refractivity contribution in [2.75, 3.05) is 0 Å². The maximum absolute atomic E-state index is 12.5. The van der Waals surface area contributed by atoms with E-state index in [0.717, 1.165) is 23.6 Å². The number of hydrogen-bond acceptors (Lipinski definition) is 2. The molecule has 0 aliphatic heterocycles. The number of hydrogen-bond donors (Lipinski definition) is 1. The highest BCUT2D eigenvalue weighted by molar-refractivity contribution is 6.05. The molecule has 0 atom stereocenters. The van der Waals surface area contributed by atoms with Gasteiger partial charge in [0.1, 0.15) is 5.69 Å². The molecular formula is C17H20N2O. The van der Waals surface area contributed by atoms with Crippen molar-refractivity contribution < 1.29 is 4.79 Å². The van der Waals surface area contributed by atoms with Crippen LogP contribution in [-0.2, 0) is 0 Å². The number of amides is 1. The molecule has 1 amide bonds. The van der Waals surface area contributed by atoms with Crippen molar-refractivity contribution in [3.63, 3.8) is 0 Å². The van der Waals surface area contributed by atoms with Crippen LogP contribution in [0, 0.1) is 0 Å². The molecule has 3 rings (SSSR count). The van der Waals surface area contributed by atoms with Gasteiger partial charge in [-0.3, -0.25) is 9.78 Å². The van der Waals surface area contributed by atoms with Crippen LogP contribution in [0.2, 0.25) is 0 Å². The first-order valence-corrected chi connectivity index (χ1v) is 7.49. The van der Waals surface area contributed by atoms with Crippen LogP contribution in [0.4, 0.5) is 0 Å². The van der Waals surface area contributed by atoms with E-state index in [1.165, 1.54) is 25.7 Å². The SMILES string of the molecule is O=C(NC1CCCCCC1)c1nccc2ccccc12. The zero-order valence-corrected chi connectivity index (χ0v) is 11.6. The lowest BCUT2D eigenvalue weighted by Gasteiger charge is -2.16. The number of benzene rings is 1. The van der Waals surface area contributed by atoms with Crippen LogP contribution in [0.5, 0.6) is 0 Å². The Morgan fingerprint density at radius 2 is 1.80 bits per heavy atom. The van der Waals surface area contributed by atoms with Gasteiger partial charge in [-0.15, -0.1) is 0 Å². The minimum Gasteiger partial charge on any atom is -0.348 e. The molecule has 3 heteroatoms. The topological polar surface area (TPSA) is 42.0 Å². The van der Waals surface area contributed by atoms with Gasteiger partial charge in [-0.1, -0.05) is 49.9 Å². The van der Waals surface area contributed by atoms with Crippen LogP contribution in [-0.4, -0.2) is 16.9 Å². The molecule has 0 bridgehead atoms. The number of rotatable bonds is 2. The maximum atomic E-state index is 12.5. The zero-order chi connectivity index (χ0) is 13.8. The predicted octanol–water partition coefficient (Wildman–Crippen LogP) is 3.69. The fraction of sp³-hybridized carbons (Fsp3) is 0.412. The monoisotopic (exact) mass is 268 g/mol. The second-order valence-corrected chi connectivity index (χ2v) is 5.54. The highest BCUT2D eigenvalue weighted by Crippen LogP contribution is 2.19. The lowest BCUT2D eigenvalue weighted by molar-refractivity contribution is 0.0930. The van der Waals surface area contributed by atoms with E-state index in [-0.39, 0.29) is 5.91 Å². The Kier molecular flexibility index (Phi) is 3.95. The second kappa shape index (κ2) is 6.04. The van der Waals surface area contributed by atoms with Gasteiger partial charge in [-0.2, -0.15) is 0 Å². The van der Waals surface area contributed by atoms with Gasteiger partial charge < -0.3 is 5.32 Å². The van der Waals surface area contributed by atoms with Gasteiger partial charge in [0.25, 0.3) is 5.91 Å². The summed E-state index contributed by atoms with van der Waals surface area (Å²) in [6, 6.07) is 10.2. The average molecular weight is 268 g/mol. The lowest BCUT2D eigenvalue weighted by atomic mass is 10.1. The number of pyridine rings is 1. The smallest absolute Gasteiger partial charge is 0.270 e. The molecular weight excluding hydrogens is 248 g/mol. The minimum absolute atomic E-state index is 0.0336. The molecule has 1 saturated carbocycles. The maximum Gasteiger partial charge on any atom is 0.270 e. The Bertz CT molecular complexity index is 595. The molecule has 0 radical (unpaired) electrons. The Morgan fingerprint density at radius 1 is 1.05 bits per heavy atom. The molecule has 1 aromatic heterocycles. The number of carbonyl (C=O) groups excluding carboxylic acids is 1. The normalized spacial score (nSPS) is 16.8. The third-order valence-electron chi connectivity index (χ3n) is 4.08. The van der Waals surface area contributed by atoms with Gasteiger partial charge in [0, 0.05) is 17.6 Å². The molecule has 0 unspecified atom stereocenters. The van der Waals surface area contributed by atoms with Crippen molar-refractivity contribution >= 4 is 16.7 Å². The van der Waals surface area contributed by atoms with Crippen LogP contribution in [0.25, 0.3) is 10.8 Å². The van der Waals surface area contributed by atoms with Gasteiger partial charge in [0.05, 0.1) is 0 Å². The first-order valence-electron chi connectivity index (χ1n) is 7.49. The number of nitrogens with one attached hydrogen (secondary N) is 1. The van der Waals surface area contributed by atoms with E-state index in [4.69, 9.17) is 0 Å². The third-order valence-corrected chi connectivity index (χ3v) is 4.08. The van der Waals surface area contributed by atoms with Crippen LogP contribution >= 0.6 is 0 Å². The van der Waals surface area contributed by atoms with Gasteiger partial charge in [-0.25, -0.2) is 0 Å². The zero-order valence-electron chi connectivity index (χ0n) is 11.6. The summed E-state index contributed by atoms with van der Waals surface area (Å²) in [6.45, 7) is 0. The first kappa shape index (κ1) is 13.1. The fourth-order valence-corrected chi connectivity index (χ4v) is 2.98. The van der Waals surface area contributed by atoms with E-state index < -0.39 is 0 Å². The number of fused-ring (bicyclic) bond motifs is 1. The fourth-order valence-electron chi connectivity index (χ4n) is 2.98. The molecule has 1 aliphatic rings. The van der Waals surface area contributed by atoms with Crippen molar-refractivity contribution in [1.29, 1.82) is 0 Å². The Hall–Kier alpha value is -1.90. The third kappa shape index (κ3) is 2.82. The second-order valence-electron chi connectivity index (χ2n) is 5.54. The number of aromatic nitrogens is 1. The van der Waals surface area contributed by atoms with Crippen molar-refractivity contribution in [3.05, 3.63) is 42.2 Å². The van der Waals surface area contributed by atoms with Gasteiger partial charge in [-0.05, 0) is 24.3 Å². The quantitative estimate of drug-likeness (QED) is 0.844. The number of carbonyl (C=O) groups is 1. The summed E-state index contributed by atoms with van der Waals surface area (Å²) in [5.74, 6) is -0.0336. The molecule has 1 fully saturated rings. The van der Waals surface area contributed by atoms with Crippen LogP contribution in [0.1, 0.15) is 49.0 Å². The summed E-state index contributed by atoms with van der Waals surface area (Å²) in [5.41, 5.74) is 0.548. The van der Waals surface area contributed by atoms with Crippen molar-refractivity contribution in [2.45, 2.75) is 44.6 Å². The van der Waals surface area contributed by atoms with Crippen LogP contribution < -0.4 is 5.32 Å². The lowest BCUT2D eigenvalue weighted by Crippen LogP contribution is -2.35. The predicted molar refractivity (Wildman–Crippen MR) is 80.7 cm³/mol. The molecule has 0 spiro atoms. The number of nitrogens with zero attached hydrogens (tertiary/aromatic N) is 1. The van der Waals surface area contributed by atoms with Crippen LogP contribution in [0.15, 0.2) is 36.5 Å². The summed E-state index contributed by atoms with van der Waals surface area (Å²) < 4.78 is 0. The highest BCUT2D eigenvalue weighted by atomic mass is 16.1. The summed E-state index contributed by atoms with van der Waals surface area (Å²) in [4.78, 5) is 16.7. The molecule has 3 nitrogen and oxygen atoms in total. The van der Waals surface area contributed by atoms with E-state index in [2.05, 4.69) is 10.3 Å².